The number of amides is 1. The van der Waals surface area contributed by atoms with Crippen LogP contribution in [0, 0.1) is 0 Å². The smallest absolute Gasteiger partial charge is 0.335 e. The second-order valence-electron chi connectivity index (χ2n) is 5.48. The van der Waals surface area contributed by atoms with Crippen molar-refractivity contribution in [3.05, 3.63) is 53.1 Å². The fraction of sp³-hybridized carbons (Fsp3) is 0.222. The quantitative estimate of drug-likeness (QED) is 0.799. The van der Waals surface area contributed by atoms with E-state index in [9.17, 15) is 9.59 Å². The number of fused-ring (bicyclic) bond motifs is 1. The minimum absolute atomic E-state index is 0.00609. The summed E-state index contributed by atoms with van der Waals surface area (Å²) in [7, 11) is 0. The lowest BCUT2D eigenvalue weighted by Gasteiger charge is -2.29. The van der Waals surface area contributed by atoms with E-state index in [0.717, 1.165) is 0 Å². The van der Waals surface area contributed by atoms with E-state index in [2.05, 4.69) is 0 Å². The van der Waals surface area contributed by atoms with Gasteiger partial charge in [0.05, 0.1) is 17.9 Å². The molecule has 0 aliphatic carbocycles. The highest BCUT2D eigenvalue weighted by atomic mass is 35.5. The normalized spacial score (nSPS) is 13.2. The molecule has 0 atom stereocenters. The van der Waals surface area contributed by atoms with Crippen molar-refractivity contribution >= 4 is 29.2 Å². The van der Waals surface area contributed by atoms with Crippen molar-refractivity contribution in [1.29, 1.82) is 0 Å². The Hall–Kier alpha value is -2.73. The molecule has 1 heterocycles. The Morgan fingerprint density at radius 3 is 2.72 bits per heavy atom. The van der Waals surface area contributed by atoms with Crippen molar-refractivity contribution in [2.75, 3.05) is 24.7 Å². The molecule has 0 unspecified atom stereocenters. The number of nitrogens with zero attached hydrogens (tertiary/aromatic N) is 1. The molecule has 3 rings (SSSR count). The predicted octanol–water partition coefficient (Wildman–Crippen LogP) is 3.23. The zero-order valence-corrected chi connectivity index (χ0v) is 14.0. The summed E-state index contributed by atoms with van der Waals surface area (Å²) in [6, 6.07) is 11.4. The summed E-state index contributed by atoms with van der Waals surface area (Å²) in [6.45, 7) is 0.877. The standard InChI is InChI=1S/C18H16ClNO5/c19-13-4-7-16-15(10-13)20(17(21)11-25-16)8-1-9-24-14-5-2-12(3-6-14)18(22)23/h2-7,10H,1,8-9,11H2,(H,22,23). The highest BCUT2D eigenvalue weighted by molar-refractivity contribution is 6.31. The summed E-state index contributed by atoms with van der Waals surface area (Å²) in [5.74, 6) is 0.117. The molecule has 2 aromatic rings. The van der Waals surface area contributed by atoms with E-state index in [1.807, 2.05) is 0 Å². The van der Waals surface area contributed by atoms with Crippen molar-refractivity contribution in [1.82, 2.24) is 0 Å². The number of ether oxygens (including phenoxy) is 2. The van der Waals surface area contributed by atoms with Crippen molar-refractivity contribution in [2.45, 2.75) is 6.42 Å². The van der Waals surface area contributed by atoms with Gasteiger partial charge < -0.3 is 19.5 Å². The summed E-state index contributed by atoms with van der Waals surface area (Å²) in [4.78, 5) is 24.5. The van der Waals surface area contributed by atoms with Gasteiger partial charge in [0.25, 0.3) is 5.91 Å². The summed E-state index contributed by atoms with van der Waals surface area (Å²) >= 11 is 6.01. The second kappa shape index (κ2) is 7.44. The van der Waals surface area contributed by atoms with Gasteiger partial charge in [0.1, 0.15) is 11.5 Å². The molecule has 0 radical (unpaired) electrons. The minimum Gasteiger partial charge on any atom is -0.494 e. The van der Waals surface area contributed by atoms with Crippen molar-refractivity contribution < 1.29 is 24.2 Å². The zero-order chi connectivity index (χ0) is 17.8. The number of carbonyl (C=O) groups excluding carboxylic acids is 1. The molecule has 1 aliphatic rings. The fourth-order valence-corrected chi connectivity index (χ4v) is 2.69. The molecule has 6 nitrogen and oxygen atoms in total. The fourth-order valence-electron chi connectivity index (χ4n) is 2.53. The maximum atomic E-state index is 12.1. The molecule has 2 aromatic carbocycles. The Kier molecular flexibility index (Phi) is 5.09. The number of benzene rings is 2. The van der Waals surface area contributed by atoms with E-state index >= 15 is 0 Å². The van der Waals surface area contributed by atoms with E-state index in [1.54, 1.807) is 35.2 Å². The second-order valence-corrected chi connectivity index (χ2v) is 5.91. The van der Waals surface area contributed by atoms with Gasteiger partial charge >= 0.3 is 5.97 Å². The third-order valence-corrected chi connectivity index (χ3v) is 4.00. The molecule has 1 amide bonds. The largest absolute Gasteiger partial charge is 0.494 e. The Balaban J connectivity index is 1.56. The number of anilines is 1. The van der Waals surface area contributed by atoms with Crippen molar-refractivity contribution in [3.8, 4) is 11.5 Å². The van der Waals surface area contributed by atoms with E-state index in [4.69, 9.17) is 26.2 Å². The minimum atomic E-state index is -0.977. The third-order valence-electron chi connectivity index (χ3n) is 3.76. The van der Waals surface area contributed by atoms with Crippen LogP contribution in [-0.4, -0.2) is 36.7 Å². The highest BCUT2D eigenvalue weighted by Crippen LogP contribution is 2.34. The van der Waals surface area contributed by atoms with Gasteiger partial charge in [-0.1, -0.05) is 11.6 Å². The van der Waals surface area contributed by atoms with Gasteiger partial charge in [-0.15, -0.1) is 0 Å². The van der Waals surface area contributed by atoms with Crippen molar-refractivity contribution in [3.63, 3.8) is 0 Å². The summed E-state index contributed by atoms with van der Waals surface area (Å²) in [5.41, 5.74) is 0.870. The molecule has 1 N–H and O–H groups in total. The van der Waals surface area contributed by atoms with Crippen LogP contribution in [0.4, 0.5) is 5.69 Å². The number of carboxylic acids is 1. The zero-order valence-electron chi connectivity index (χ0n) is 13.3. The number of carbonyl (C=O) groups is 2. The lowest BCUT2D eigenvalue weighted by Crippen LogP contribution is -2.39. The van der Waals surface area contributed by atoms with Gasteiger partial charge in [-0.25, -0.2) is 4.79 Å². The Morgan fingerprint density at radius 1 is 1.24 bits per heavy atom. The van der Waals surface area contributed by atoms with E-state index in [1.165, 1.54) is 12.1 Å². The SMILES string of the molecule is O=C(O)c1ccc(OCCCN2C(=O)COc3ccc(Cl)cc32)cc1. The number of rotatable bonds is 6. The lowest BCUT2D eigenvalue weighted by atomic mass is 10.2. The van der Waals surface area contributed by atoms with Crippen LogP contribution in [0.25, 0.3) is 0 Å². The van der Waals surface area contributed by atoms with Crippen LogP contribution in [0.5, 0.6) is 11.5 Å². The number of hydrogen-bond donors (Lipinski definition) is 1. The van der Waals surface area contributed by atoms with Crippen LogP contribution < -0.4 is 14.4 Å². The first-order chi connectivity index (χ1) is 12.0. The highest BCUT2D eigenvalue weighted by Gasteiger charge is 2.25. The summed E-state index contributed by atoms with van der Waals surface area (Å²) in [5, 5.41) is 9.40. The van der Waals surface area contributed by atoms with Gasteiger partial charge in [0.2, 0.25) is 0 Å². The van der Waals surface area contributed by atoms with E-state index < -0.39 is 5.97 Å². The molecule has 0 spiro atoms. The maximum absolute atomic E-state index is 12.1. The number of hydrogen-bond acceptors (Lipinski definition) is 4. The monoisotopic (exact) mass is 361 g/mol. The molecular formula is C18H16ClNO5. The van der Waals surface area contributed by atoms with Gasteiger partial charge in [-0.05, 0) is 48.9 Å². The predicted molar refractivity (Wildman–Crippen MR) is 92.8 cm³/mol. The van der Waals surface area contributed by atoms with Crippen LogP contribution in [0.3, 0.4) is 0 Å². The molecular weight excluding hydrogens is 346 g/mol. The van der Waals surface area contributed by atoms with Crippen LogP contribution in [0.1, 0.15) is 16.8 Å². The van der Waals surface area contributed by atoms with E-state index in [0.29, 0.717) is 41.8 Å². The Bertz CT molecular complexity index is 791. The van der Waals surface area contributed by atoms with Crippen LogP contribution in [-0.2, 0) is 4.79 Å². The van der Waals surface area contributed by atoms with Crippen LogP contribution >= 0.6 is 11.6 Å². The van der Waals surface area contributed by atoms with Crippen LogP contribution in [0.2, 0.25) is 5.02 Å². The Morgan fingerprint density at radius 2 is 2.00 bits per heavy atom. The van der Waals surface area contributed by atoms with Gasteiger partial charge in [-0.2, -0.15) is 0 Å². The first-order valence-corrected chi connectivity index (χ1v) is 8.11. The topological polar surface area (TPSA) is 76.1 Å². The average Bonchev–Trinajstić information content (AvgIpc) is 2.60. The molecule has 0 aromatic heterocycles. The summed E-state index contributed by atoms with van der Waals surface area (Å²) in [6.07, 6.45) is 0.609. The molecule has 0 fully saturated rings. The number of carboxylic acid groups (broad SMARTS) is 1. The van der Waals surface area contributed by atoms with Crippen LogP contribution in [0.15, 0.2) is 42.5 Å². The average molecular weight is 362 g/mol. The van der Waals surface area contributed by atoms with Gasteiger partial charge in [-0.3, -0.25) is 4.79 Å². The molecule has 7 heteroatoms. The number of halogens is 1. The summed E-state index contributed by atoms with van der Waals surface area (Å²) < 4.78 is 11.0. The Labute approximate surface area is 149 Å². The van der Waals surface area contributed by atoms with E-state index in [-0.39, 0.29) is 18.1 Å². The first kappa shape index (κ1) is 17.1. The maximum Gasteiger partial charge on any atom is 0.335 e. The van der Waals surface area contributed by atoms with Crippen molar-refractivity contribution in [2.24, 2.45) is 0 Å². The number of aromatic carboxylic acids is 1. The lowest BCUT2D eigenvalue weighted by molar-refractivity contribution is -0.121. The molecule has 1 aliphatic heterocycles. The molecule has 0 bridgehead atoms. The molecule has 130 valence electrons. The third kappa shape index (κ3) is 4.03. The van der Waals surface area contributed by atoms with Gasteiger partial charge in [0.15, 0.2) is 6.61 Å². The molecule has 0 saturated heterocycles. The first-order valence-electron chi connectivity index (χ1n) is 7.73. The molecule has 25 heavy (non-hydrogen) atoms. The molecule has 0 saturated carbocycles. The van der Waals surface area contributed by atoms with Gasteiger partial charge in [0, 0.05) is 11.6 Å².